The van der Waals surface area contributed by atoms with Crippen LogP contribution in [0.15, 0.2) is 24.3 Å². The van der Waals surface area contributed by atoms with Gasteiger partial charge in [-0.05, 0) is 31.0 Å². The highest BCUT2D eigenvalue weighted by molar-refractivity contribution is 5.43. The van der Waals surface area contributed by atoms with E-state index in [1.54, 1.807) is 6.92 Å². The number of benzene rings is 1. The fourth-order valence-corrected chi connectivity index (χ4v) is 1.19. The molecule has 3 nitrogen and oxygen atoms in total. The van der Waals surface area contributed by atoms with Gasteiger partial charge in [-0.1, -0.05) is 25.5 Å². The lowest BCUT2D eigenvalue weighted by Crippen LogP contribution is -1.88. The fraction of sp³-hybridized carbons (Fsp3) is 0.462. The van der Waals surface area contributed by atoms with Crippen molar-refractivity contribution in [3.05, 3.63) is 29.8 Å². The predicted molar refractivity (Wildman–Crippen MR) is 67.7 cm³/mol. The molecule has 0 unspecified atom stereocenters. The van der Waals surface area contributed by atoms with Gasteiger partial charge in [0.2, 0.25) is 0 Å². The van der Waals surface area contributed by atoms with Crippen molar-refractivity contribution in [2.45, 2.75) is 26.7 Å². The summed E-state index contributed by atoms with van der Waals surface area (Å²) in [5, 5.41) is 3.10. The Morgan fingerprint density at radius 2 is 1.88 bits per heavy atom. The van der Waals surface area contributed by atoms with Gasteiger partial charge in [0.1, 0.15) is 0 Å². The van der Waals surface area contributed by atoms with E-state index in [4.69, 9.17) is 0 Å². The maximum absolute atomic E-state index is 9.18. The zero-order valence-corrected chi connectivity index (χ0v) is 10.3. The Kier molecular flexibility index (Phi) is 9.08. The number of ether oxygens (including phenoxy) is 1. The minimum atomic E-state index is 0.431. The van der Waals surface area contributed by atoms with Crippen LogP contribution in [-0.4, -0.2) is 20.1 Å². The first-order chi connectivity index (χ1) is 7.78. The molecule has 0 bridgehead atoms. The molecule has 0 fully saturated rings. The summed E-state index contributed by atoms with van der Waals surface area (Å²) in [5.41, 5.74) is 2.61. The Labute approximate surface area is 97.8 Å². The normalized spacial score (nSPS) is 8.69. The van der Waals surface area contributed by atoms with Crippen LogP contribution in [0.4, 0.5) is 5.69 Å². The molecule has 0 aliphatic rings. The van der Waals surface area contributed by atoms with Crippen molar-refractivity contribution < 1.29 is 9.53 Å². The molecule has 0 heterocycles. The van der Waals surface area contributed by atoms with Crippen molar-refractivity contribution >= 4 is 12.2 Å². The molecule has 0 atom stereocenters. The molecule has 16 heavy (non-hydrogen) atoms. The van der Waals surface area contributed by atoms with Crippen LogP contribution in [0.25, 0.3) is 0 Å². The average Bonchev–Trinajstić information content (AvgIpc) is 2.32. The number of hydrogen-bond acceptors (Lipinski definition) is 3. The van der Waals surface area contributed by atoms with E-state index < -0.39 is 0 Å². The third-order valence-corrected chi connectivity index (χ3v) is 2.02. The van der Waals surface area contributed by atoms with Crippen LogP contribution in [0.3, 0.4) is 0 Å². The van der Waals surface area contributed by atoms with Crippen molar-refractivity contribution in [1.29, 1.82) is 0 Å². The highest BCUT2D eigenvalue weighted by Gasteiger charge is 1.90. The molecule has 1 rings (SSSR count). The highest BCUT2D eigenvalue weighted by atomic mass is 16.5. The summed E-state index contributed by atoms with van der Waals surface area (Å²) in [5.74, 6) is 0. The van der Waals surface area contributed by atoms with E-state index in [0.29, 0.717) is 13.1 Å². The van der Waals surface area contributed by atoms with E-state index in [2.05, 4.69) is 41.2 Å². The maximum atomic E-state index is 9.18. The quantitative estimate of drug-likeness (QED) is 0.780. The Morgan fingerprint density at radius 1 is 1.25 bits per heavy atom. The Hall–Kier alpha value is -1.51. The third-order valence-electron chi connectivity index (χ3n) is 2.02. The second-order valence-corrected chi connectivity index (χ2v) is 3.25. The van der Waals surface area contributed by atoms with Crippen molar-refractivity contribution in [1.82, 2.24) is 0 Å². The molecule has 0 aliphatic carbocycles. The van der Waals surface area contributed by atoms with E-state index in [1.165, 1.54) is 24.1 Å². The molecular weight excluding hydrogens is 202 g/mol. The molecule has 0 aromatic heterocycles. The number of rotatable bonds is 5. The van der Waals surface area contributed by atoms with E-state index in [9.17, 15) is 4.79 Å². The van der Waals surface area contributed by atoms with Gasteiger partial charge < -0.3 is 10.1 Å². The van der Waals surface area contributed by atoms with Crippen molar-refractivity contribution in [2.24, 2.45) is 0 Å². The van der Waals surface area contributed by atoms with E-state index >= 15 is 0 Å². The van der Waals surface area contributed by atoms with Crippen molar-refractivity contribution in [2.75, 3.05) is 19.0 Å². The smallest absolute Gasteiger partial charge is 0.293 e. The lowest BCUT2D eigenvalue weighted by Gasteiger charge is -2.01. The first-order valence-corrected chi connectivity index (χ1v) is 5.60. The number of carbonyl (C=O) groups is 1. The predicted octanol–water partition coefficient (Wildman–Crippen LogP) is 2.86. The molecule has 0 saturated heterocycles. The molecule has 3 heteroatoms. The number of carbonyl (C=O) groups excluding carboxylic acids is 1. The second-order valence-electron chi connectivity index (χ2n) is 3.25. The highest BCUT2D eigenvalue weighted by Crippen LogP contribution is 2.09. The Morgan fingerprint density at radius 3 is 2.19 bits per heavy atom. The molecule has 0 amide bonds. The van der Waals surface area contributed by atoms with Gasteiger partial charge in [-0.3, -0.25) is 4.79 Å². The van der Waals surface area contributed by atoms with Gasteiger partial charge in [-0.2, -0.15) is 0 Å². The molecule has 1 aromatic rings. The maximum Gasteiger partial charge on any atom is 0.293 e. The van der Waals surface area contributed by atoms with Crippen LogP contribution in [-0.2, 0) is 16.0 Å². The molecular formula is C13H21NO2. The van der Waals surface area contributed by atoms with Gasteiger partial charge >= 0.3 is 0 Å². The first kappa shape index (κ1) is 14.5. The number of nitrogens with one attached hydrogen (secondary N) is 1. The lowest BCUT2D eigenvalue weighted by atomic mass is 10.1. The Bertz CT molecular complexity index is 270. The van der Waals surface area contributed by atoms with Crippen molar-refractivity contribution in [3.8, 4) is 0 Å². The van der Waals surface area contributed by atoms with E-state index in [1.807, 2.05) is 7.05 Å². The topological polar surface area (TPSA) is 38.3 Å². The summed E-state index contributed by atoms with van der Waals surface area (Å²) in [6, 6.07) is 8.58. The van der Waals surface area contributed by atoms with Crippen LogP contribution in [0.5, 0.6) is 0 Å². The third kappa shape index (κ3) is 6.87. The molecule has 0 saturated carbocycles. The summed E-state index contributed by atoms with van der Waals surface area (Å²) in [4.78, 5) is 9.18. The summed E-state index contributed by atoms with van der Waals surface area (Å²) in [6.45, 7) is 4.86. The minimum Gasteiger partial charge on any atom is -0.468 e. The zero-order chi connectivity index (χ0) is 12.2. The van der Waals surface area contributed by atoms with Crippen LogP contribution in [0.1, 0.15) is 25.8 Å². The standard InChI is InChI=1S/C10H15N.C3H6O2/c1-3-4-9-5-7-10(11-2)8-6-9;1-2-5-3-4/h5-8,11H,3-4H2,1-2H3;3H,2H2,1H3. The fourth-order valence-electron chi connectivity index (χ4n) is 1.19. The molecule has 1 aromatic carbocycles. The second kappa shape index (κ2) is 10.0. The van der Waals surface area contributed by atoms with Crippen LogP contribution in [0, 0.1) is 0 Å². The SMILES string of the molecule is CCCc1ccc(NC)cc1.CCOC=O. The number of aryl methyl sites for hydroxylation is 1. The zero-order valence-electron chi connectivity index (χ0n) is 10.3. The first-order valence-electron chi connectivity index (χ1n) is 5.60. The largest absolute Gasteiger partial charge is 0.468 e. The van der Waals surface area contributed by atoms with Gasteiger partial charge in [-0.25, -0.2) is 0 Å². The molecule has 1 N–H and O–H groups in total. The Balaban J connectivity index is 0.000000385. The summed E-state index contributed by atoms with van der Waals surface area (Å²) < 4.78 is 4.15. The monoisotopic (exact) mass is 223 g/mol. The molecule has 90 valence electrons. The van der Waals surface area contributed by atoms with Gasteiger partial charge in [0.05, 0.1) is 6.61 Å². The lowest BCUT2D eigenvalue weighted by molar-refractivity contribution is -0.128. The molecule has 0 spiro atoms. The van der Waals surface area contributed by atoms with Crippen LogP contribution in [0.2, 0.25) is 0 Å². The van der Waals surface area contributed by atoms with Crippen LogP contribution < -0.4 is 5.32 Å². The number of anilines is 1. The molecule has 0 aliphatic heterocycles. The molecule has 0 radical (unpaired) electrons. The van der Waals surface area contributed by atoms with Gasteiger partial charge in [-0.15, -0.1) is 0 Å². The summed E-state index contributed by atoms with van der Waals surface area (Å²) >= 11 is 0. The minimum absolute atomic E-state index is 0.431. The van der Waals surface area contributed by atoms with Gasteiger partial charge in [0, 0.05) is 12.7 Å². The number of hydrogen-bond donors (Lipinski definition) is 1. The van der Waals surface area contributed by atoms with Crippen LogP contribution >= 0.6 is 0 Å². The summed E-state index contributed by atoms with van der Waals surface area (Å²) in [7, 11) is 1.94. The van der Waals surface area contributed by atoms with E-state index in [-0.39, 0.29) is 0 Å². The average molecular weight is 223 g/mol. The van der Waals surface area contributed by atoms with Crippen molar-refractivity contribution in [3.63, 3.8) is 0 Å². The van der Waals surface area contributed by atoms with Gasteiger partial charge in [0.15, 0.2) is 0 Å². The van der Waals surface area contributed by atoms with Gasteiger partial charge in [0.25, 0.3) is 6.47 Å². The summed E-state index contributed by atoms with van der Waals surface area (Å²) in [6.07, 6.45) is 2.41. The van der Waals surface area contributed by atoms with E-state index in [0.717, 1.165) is 0 Å².